The lowest BCUT2D eigenvalue weighted by molar-refractivity contribution is -0.147. The molecule has 1 amide bonds. The highest BCUT2D eigenvalue weighted by Gasteiger charge is 2.34. The summed E-state index contributed by atoms with van der Waals surface area (Å²) in [5, 5.41) is 3.09. The van der Waals surface area contributed by atoms with Crippen LogP contribution in [-0.4, -0.2) is 51.3 Å². The molecular formula is C36H45NO8. The molecule has 2 aromatic rings. The summed E-state index contributed by atoms with van der Waals surface area (Å²) in [5.41, 5.74) is 2.64. The minimum absolute atomic E-state index is 0.137. The number of esters is 2. The summed E-state index contributed by atoms with van der Waals surface area (Å²) >= 11 is 0. The van der Waals surface area contributed by atoms with E-state index in [2.05, 4.69) is 12.2 Å². The van der Waals surface area contributed by atoms with Gasteiger partial charge in [-0.25, -0.2) is 4.79 Å². The Morgan fingerprint density at radius 1 is 0.822 bits per heavy atom. The molecule has 0 heterocycles. The van der Waals surface area contributed by atoms with Crippen LogP contribution in [0.5, 0.6) is 11.5 Å². The monoisotopic (exact) mass is 619 g/mol. The molecule has 3 unspecified atom stereocenters. The molecule has 2 aliphatic carbocycles. The van der Waals surface area contributed by atoms with Crippen molar-refractivity contribution in [3.8, 4) is 11.5 Å². The van der Waals surface area contributed by atoms with E-state index in [0.29, 0.717) is 37.6 Å². The fourth-order valence-electron chi connectivity index (χ4n) is 5.63. The van der Waals surface area contributed by atoms with Crippen molar-refractivity contribution in [3.63, 3.8) is 0 Å². The summed E-state index contributed by atoms with van der Waals surface area (Å²) in [6, 6.07) is 15.8. The van der Waals surface area contributed by atoms with Crippen LogP contribution in [0.25, 0.3) is 0 Å². The Hall–Kier alpha value is -4.27. The van der Waals surface area contributed by atoms with Crippen LogP contribution in [-0.2, 0) is 41.6 Å². The van der Waals surface area contributed by atoms with Crippen molar-refractivity contribution in [2.24, 2.45) is 11.8 Å². The van der Waals surface area contributed by atoms with Crippen molar-refractivity contribution < 1.29 is 38.1 Å². The fraction of sp³-hybridized carbons (Fsp3) is 0.472. The number of amides is 1. The Bertz CT molecular complexity index is 1330. The molecule has 242 valence electrons. The summed E-state index contributed by atoms with van der Waals surface area (Å²) in [5.74, 6) is 0.384. The summed E-state index contributed by atoms with van der Waals surface area (Å²) in [6.07, 6.45) is 8.97. The molecule has 9 nitrogen and oxygen atoms in total. The van der Waals surface area contributed by atoms with Crippen LogP contribution in [0.4, 0.5) is 0 Å². The predicted octanol–water partition coefficient (Wildman–Crippen LogP) is 5.85. The first-order valence-electron chi connectivity index (χ1n) is 15.8. The van der Waals surface area contributed by atoms with E-state index in [-0.39, 0.29) is 30.3 Å². The molecule has 9 heteroatoms. The number of carbonyl (C=O) groups excluding carboxylic acids is 3. The van der Waals surface area contributed by atoms with E-state index in [0.717, 1.165) is 61.2 Å². The second-order valence-electron chi connectivity index (χ2n) is 11.5. The SMILES string of the molecule is CCCOc1ccc(COc2ccc(CCCOC3=CC=C(C(=O)OC)CC3C(=O)NC3CCCC(C(=O)OC)C3)cc2)cc1. The summed E-state index contributed by atoms with van der Waals surface area (Å²) < 4.78 is 27.5. The third-order valence-electron chi connectivity index (χ3n) is 8.14. The van der Waals surface area contributed by atoms with Crippen LogP contribution in [0.3, 0.4) is 0 Å². The average molecular weight is 620 g/mol. The Morgan fingerprint density at radius 3 is 2.22 bits per heavy atom. The van der Waals surface area contributed by atoms with Crippen LogP contribution in [0.15, 0.2) is 72.0 Å². The van der Waals surface area contributed by atoms with Gasteiger partial charge in [0.15, 0.2) is 0 Å². The molecule has 0 radical (unpaired) electrons. The number of nitrogens with one attached hydrogen (secondary N) is 1. The summed E-state index contributed by atoms with van der Waals surface area (Å²) in [7, 11) is 2.71. The molecule has 2 aliphatic rings. The van der Waals surface area contributed by atoms with Crippen LogP contribution in [0, 0.1) is 11.8 Å². The molecule has 1 fully saturated rings. The first-order chi connectivity index (χ1) is 21.9. The number of benzene rings is 2. The van der Waals surface area contributed by atoms with E-state index < -0.39 is 11.9 Å². The van der Waals surface area contributed by atoms with Crippen molar-refractivity contribution in [1.82, 2.24) is 5.32 Å². The van der Waals surface area contributed by atoms with Gasteiger partial charge >= 0.3 is 11.9 Å². The number of allylic oxidation sites excluding steroid dienone is 2. The molecular weight excluding hydrogens is 574 g/mol. The predicted molar refractivity (Wildman–Crippen MR) is 169 cm³/mol. The van der Waals surface area contributed by atoms with E-state index in [1.54, 1.807) is 12.2 Å². The first-order valence-corrected chi connectivity index (χ1v) is 15.8. The number of methoxy groups -OCH3 is 2. The van der Waals surface area contributed by atoms with Gasteiger partial charge in [0, 0.05) is 11.6 Å². The molecule has 0 spiro atoms. The van der Waals surface area contributed by atoms with Crippen LogP contribution in [0.1, 0.15) is 63.0 Å². The maximum Gasteiger partial charge on any atom is 0.333 e. The standard InChI is InChI=1S/C36H45NO8/c1-4-20-43-30-17-12-26(13-18-30)24-45-31-15-10-25(11-16-31)7-6-21-44-33-19-14-28(36(40)42-3)23-32(33)34(38)37-29-9-5-8-27(22-29)35(39)41-2/h10-19,27,29,32H,4-9,20-24H2,1-3H3,(H,37,38). The average Bonchev–Trinajstić information content (AvgIpc) is 3.08. The van der Waals surface area contributed by atoms with Crippen LogP contribution >= 0.6 is 0 Å². The molecule has 1 saturated carbocycles. The van der Waals surface area contributed by atoms with E-state index in [9.17, 15) is 14.4 Å². The molecule has 2 aromatic carbocycles. The second-order valence-corrected chi connectivity index (χ2v) is 11.5. The molecule has 0 aliphatic heterocycles. The van der Waals surface area contributed by atoms with Gasteiger partial charge in [0.25, 0.3) is 0 Å². The molecule has 0 bridgehead atoms. The van der Waals surface area contributed by atoms with Gasteiger partial charge in [-0.2, -0.15) is 0 Å². The van der Waals surface area contributed by atoms with Gasteiger partial charge in [-0.3, -0.25) is 9.59 Å². The summed E-state index contributed by atoms with van der Waals surface area (Å²) in [4.78, 5) is 37.7. The number of hydrogen-bond donors (Lipinski definition) is 1. The second kappa shape index (κ2) is 17.3. The zero-order valence-electron chi connectivity index (χ0n) is 26.5. The van der Waals surface area contributed by atoms with Gasteiger partial charge in [0.1, 0.15) is 23.9 Å². The lowest BCUT2D eigenvalue weighted by Crippen LogP contribution is -2.44. The van der Waals surface area contributed by atoms with Crippen molar-refractivity contribution >= 4 is 17.8 Å². The minimum Gasteiger partial charge on any atom is -0.497 e. The zero-order valence-corrected chi connectivity index (χ0v) is 26.5. The van der Waals surface area contributed by atoms with E-state index >= 15 is 0 Å². The highest BCUT2D eigenvalue weighted by atomic mass is 16.5. The van der Waals surface area contributed by atoms with Crippen molar-refractivity contribution in [2.75, 3.05) is 27.4 Å². The van der Waals surface area contributed by atoms with Gasteiger partial charge in [-0.05, 0) is 92.5 Å². The fourth-order valence-corrected chi connectivity index (χ4v) is 5.63. The van der Waals surface area contributed by atoms with Gasteiger partial charge in [0.2, 0.25) is 5.91 Å². The van der Waals surface area contributed by atoms with Crippen LogP contribution in [0.2, 0.25) is 0 Å². The lowest BCUT2D eigenvalue weighted by atomic mass is 9.85. The van der Waals surface area contributed by atoms with E-state index in [4.69, 9.17) is 23.7 Å². The van der Waals surface area contributed by atoms with Crippen molar-refractivity contribution in [2.45, 2.75) is 70.9 Å². The highest BCUT2D eigenvalue weighted by Crippen LogP contribution is 2.30. The first kappa shape index (κ1) is 33.6. The number of carbonyl (C=O) groups is 3. The number of ether oxygens (including phenoxy) is 5. The molecule has 3 atom stereocenters. The Morgan fingerprint density at radius 2 is 1.53 bits per heavy atom. The lowest BCUT2D eigenvalue weighted by Gasteiger charge is -2.30. The normalized spacial score (nSPS) is 19.4. The topological polar surface area (TPSA) is 109 Å². The largest absolute Gasteiger partial charge is 0.497 e. The van der Waals surface area contributed by atoms with Crippen LogP contribution < -0.4 is 14.8 Å². The van der Waals surface area contributed by atoms with Gasteiger partial charge in [0.05, 0.1) is 39.3 Å². The zero-order chi connectivity index (χ0) is 32.0. The number of rotatable bonds is 15. The number of aryl methyl sites for hydroxylation is 1. The molecule has 1 N–H and O–H groups in total. The minimum atomic E-state index is -0.654. The van der Waals surface area contributed by atoms with Gasteiger partial charge < -0.3 is 29.0 Å². The molecule has 45 heavy (non-hydrogen) atoms. The summed E-state index contributed by atoms with van der Waals surface area (Å²) in [6.45, 7) is 3.69. The quantitative estimate of drug-likeness (QED) is 0.195. The van der Waals surface area contributed by atoms with Gasteiger partial charge in [-0.15, -0.1) is 0 Å². The Labute approximate surface area is 265 Å². The maximum atomic E-state index is 13.4. The van der Waals surface area contributed by atoms with E-state index in [1.807, 2.05) is 48.5 Å². The third kappa shape index (κ3) is 10.1. The van der Waals surface area contributed by atoms with Crippen molar-refractivity contribution in [3.05, 3.63) is 83.1 Å². The highest BCUT2D eigenvalue weighted by molar-refractivity contribution is 5.92. The third-order valence-corrected chi connectivity index (χ3v) is 8.14. The molecule has 4 rings (SSSR count). The number of hydrogen-bond acceptors (Lipinski definition) is 8. The smallest absolute Gasteiger partial charge is 0.333 e. The molecule has 0 aromatic heterocycles. The maximum absolute atomic E-state index is 13.4. The van der Waals surface area contributed by atoms with Gasteiger partial charge in [-0.1, -0.05) is 37.6 Å². The van der Waals surface area contributed by atoms with Crippen molar-refractivity contribution in [1.29, 1.82) is 0 Å². The molecule has 0 saturated heterocycles. The Kier molecular flexibility index (Phi) is 12.9. The van der Waals surface area contributed by atoms with E-state index in [1.165, 1.54) is 14.2 Å². The Balaban J connectivity index is 1.26.